The largest absolute Gasteiger partial charge is 0.405 e. The lowest BCUT2D eigenvalue weighted by molar-refractivity contribution is -0.122. The Morgan fingerprint density at radius 3 is 2.56 bits per heavy atom. The number of amides is 2. The van der Waals surface area contributed by atoms with E-state index in [0.717, 1.165) is 5.57 Å². The third-order valence-electron chi connectivity index (χ3n) is 4.83. The first-order valence-electron chi connectivity index (χ1n) is 10.3. The van der Waals surface area contributed by atoms with Crippen LogP contribution in [0.4, 0.5) is 23.7 Å². The molecule has 1 heterocycles. The second-order valence-electron chi connectivity index (χ2n) is 8.09. The number of aliphatic hydroxyl groups is 1. The van der Waals surface area contributed by atoms with Gasteiger partial charge in [-0.05, 0) is 32.1 Å². The van der Waals surface area contributed by atoms with Gasteiger partial charge in [0.05, 0.1) is 17.3 Å². The Bertz CT molecular complexity index is 1120. The number of urea groups is 1. The molecule has 1 aromatic carbocycles. The third-order valence-corrected chi connectivity index (χ3v) is 4.83. The van der Waals surface area contributed by atoms with Crippen LogP contribution in [0.15, 0.2) is 61.1 Å². The van der Waals surface area contributed by atoms with Gasteiger partial charge in [0.1, 0.15) is 6.54 Å². The smallest absolute Gasteiger partial charge is 0.403 e. The lowest BCUT2D eigenvalue weighted by Gasteiger charge is -2.16. The SMILES string of the molecule is CC(C)(O)c1cnc(C2=CC(N/C(=C\N)c3cccc(NC(=O)NCC(F)(F)F)c3)C=C2)nc1. The maximum Gasteiger partial charge on any atom is 0.405 e. The fourth-order valence-corrected chi connectivity index (χ4v) is 3.07. The van der Waals surface area contributed by atoms with Crippen molar-refractivity contribution in [2.75, 3.05) is 11.9 Å². The van der Waals surface area contributed by atoms with E-state index in [1.165, 1.54) is 6.20 Å². The first-order valence-corrected chi connectivity index (χ1v) is 10.3. The predicted molar refractivity (Wildman–Crippen MR) is 123 cm³/mol. The molecule has 34 heavy (non-hydrogen) atoms. The highest BCUT2D eigenvalue weighted by atomic mass is 19.4. The van der Waals surface area contributed by atoms with E-state index in [1.54, 1.807) is 55.8 Å². The third kappa shape index (κ3) is 6.82. The Morgan fingerprint density at radius 2 is 1.94 bits per heavy atom. The van der Waals surface area contributed by atoms with Gasteiger partial charge in [0.25, 0.3) is 0 Å². The summed E-state index contributed by atoms with van der Waals surface area (Å²) < 4.78 is 36.8. The number of nitrogens with zero attached hydrogens (tertiary/aromatic N) is 2. The average Bonchev–Trinajstić information content (AvgIpc) is 3.24. The molecule has 2 amide bonds. The zero-order valence-electron chi connectivity index (χ0n) is 18.5. The minimum Gasteiger partial charge on any atom is -0.403 e. The fourth-order valence-electron chi connectivity index (χ4n) is 3.07. The van der Waals surface area contributed by atoms with Crippen molar-refractivity contribution >= 4 is 23.0 Å². The molecule has 1 unspecified atom stereocenters. The summed E-state index contributed by atoms with van der Waals surface area (Å²) in [6, 6.07) is 5.32. The van der Waals surface area contributed by atoms with E-state index >= 15 is 0 Å². The number of alkyl halides is 3. The summed E-state index contributed by atoms with van der Waals surface area (Å²) in [5, 5.41) is 17.4. The summed E-state index contributed by atoms with van der Waals surface area (Å²) in [6.07, 6.45) is 5.65. The minimum atomic E-state index is -4.50. The van der Waals surface area contributed by atoms with Crippen molar-refractivity contribution in [3.05, 3.63) is 78.0 Å². The van der Waals surface area contributed by atoms with E-state index < -0.39 is 24.4 Å². The highest BCUT2D eigenvalue weighted by Gasteiger charge is 2.27. The monoisotopic (exact) mass is 474 g/mol. The number of hydrogen-bond donors (Lipinski definition) is 5. The van der Waals surface area contributed by atoms with Crippen molar-refractivity contribution in [1.82, 2.24) is 20.6 Å². The number of halogens is 3. The molecule has 8 nitrogen and oxygen atoms in total. The molecule has 0 fully saturated rings. The Kier molecular flexibility index (Phi) is 7.26. The molecule has 0 bridgehead atoms. The molecule has 11 heteroatoms. The Hall–Kier alpha value is -3.86. The van der Waals surface area contributed by atoms with Gasteiger partial charge in [-0.25, -0.2) is 14.8 Å². The van der Waals surface area contributed by atoms with Crippen LogP contribution in [0.3, 0.4) is 0 Å². The van der Waals surface area contributed by atoms with E-state index in [9.17, 15) is 23.1 Å². The van der Waals surface area contributed by atoms with Crippen molar-refractivity contribution in [3.8, 4) is 0 Å². The first-order chi connectivity index (χ1) is 15.9. The standard InChI is InChI=1S/C23H25F3N6O2/c1-22(2,34)16-11-28-20(29-12-16)15-6-7-18(9-15)31-19(10-27)14-4-3-5-17(8-14)32-21(33)30-13-23(24,25)26/h3-12,18,31,34H,13,27H2,1-2H3,(H2,30,32,33)/b19-10-. The van der Waals surface area contributed by atoms with E-state index in [2.05, 4.69) is 20.6 Å². The van der Waals surface area contributed by atoms with Crippen molar-refractivity contribution in [2.24, 2.45) is 5.73 Å². The molecule has 0 saturated carbocycles. The number of benzene rings is 1. The van der Waals surface area contributed by atoms with Crippen LogP contribution in [0.5, 0.6) is 0 Å². The lowest BCUT2D eigenvalue weighted by Crippen LogP contribution is -2.36. The molecule has 6 N–H and O–H groups in total. The average molecular weight is 474 g/mol. The van der Waals surface area contributed by atoms with Gasteiger partial charge in [-0.3, -0.25) is 0 Å². The van der Waals surface area contributed by atoms with Gasteiger partial charge in [0.2, 0.25) is 0 Å². The minimum absolute atomic E-state index is 0.228. The van der Waals surface area contributed by atoms with E-state index in [0.29, 0.717) is 28.3 Å². The van der Waals surface area contributed by atoms with Crippen molar-refractivity contribution in [3.63, 3.8) is 0 Å². The Balaban J connectivity index is 1.66. The number of anilines is 1. The molecule has 1 aromatic heterocycles. The number of hydrogen-bond acceptors (Lipinski definition) is 6. The number of carbonyl (C=O) groups excluding carboxylic acids is 1. The van der Waals surface area contributed by atoms with Crippen LogP contribution >= 0.6 is 0 Å². The quantitative estimate of drug-likeness (QED) is 0.420. The lowest BCUT2D eigenvalue weighted by atomic mass is 10.0. The maximum absolute atomic E-state index is 12.3. The molecule has 0 spiro atoms. The van der Waals surface area contributed by atoms with Gasteiger partial charge >= 0.3 is 12.2 Å². The van der Waals surface area contributed by atoms with Gasteiger partial charge in [-0.1, -0.05) is 24.3 Å². The molecule has 0 radical (unpaired) electrons. The molecule has 1 aliphatic rings. The van der Waals surface area contributed by atoms with Gasteiger partial charge in [-0.15, -0.1) is 0 Å². The normalized spacial score (nSPS) is 16.2. The molecule has 2 aromatic rings. The van der Waals surface area contributed by atoms with Gasteiger partial charge < -0.3 is 26.8 Å². The molecule has 1 atom stereocenters. The number of aromatic nitrogens is 2. The van der Waals surface area contributed by atoms with Crippen LogP contribution in [0.1, 0.15) is 30.8 Å². The number of allylic oxidation sites excluding steroid dienone is 2. The number of nitrogens with one attached hydrogen (secondary N) is 3. The number of nitrogens with two attached hydrogens (primary N) is 1. The Morgan fingerprint density at radius 1 is 1.24 bits per heavy atom. The van der Waals surface area contributed by atoms with Crippen LogP contribution < -0.4 is 21.7 Å². The summed E-state index contributed by atoms with van der Waals surface area (Å²) in [7, 11) is 0. The molecule has 3 rings (SSSR count). The highest BCUT2D eigenvalue weighted by Crippen LogP contribution is 2.24. The van der Waals surface area contributed by atoms with E-state index in [1.807, 2.05) is 18.2 Å². The number of carbonyl (C=O) groups is 1. The van der Waals surface area contributed by atoms with Gasteiger partial charge in [-0.2, -0.15) is 13.2 Å². The maximum atomic E-state index is 12.3. The zero-order chi connectivity index (χ0) is 24.9. The molecule has 0 aliphatic heterocycles. The van der Waals surface area contributed by atoms with Gasteiger partial charge in [0, 0.05) is 41.0 Å². The van der Waals surface area contributed by atoms with Crippen LogP contribution in [0.2, 0.25) is 0 Å². The van der Waals surface area contributed by atoms with Crippen molar-refractivity contribution < 1.29 is 23.1 Å². The molecular weight excluding hydrogens is 449 g/mol. The zero-order valence-corrected chi connectivity index (χ0v) is 18.5. The molecular formula is C23H25F3N6O2. The predicted octanol–water partition coefficient (Wildman–Crippen LogP) is 3.26. The van der Waals surface area contributed by atoms with Crippen LogP contribution in [0, 0.1) is 0 Å². The first kappa shape index (κ1) is 24.8. The molecule has 180 valence electrons. The summed E-state index contributed by atoms with van der Waals surface area (Å²) in [5.74, 6) is 0.503. The van der Waals surface area contributed by atoms with Crippen LogP contribution in [-0.4, -0.2) is 39.9 Å². The Labute approximate surface area is 194 Å². The second-order valence-corrected chi connectivity index (χ2v) is 8.09. The summed E-state index contributed by atoms with van der Waals surface area (Å²) >= 11 is 0. The molecule has 0 saturated heterocycles. The van der Waals surface area contributed by atoms with Crippen LogP contribution in [-0.2, 0) is 5.60 Å². The second kappa shape index (κ2) is 9.96. The fraction of sp³-hybridized carbons (Fsp3) is 0.261. The number of rotatable bonds is 7. The highest BCUT2D eigenvalue weighted by molar-refractivity contribution is 5.89. The molecule has 1 aliphatic carbocycles. The summed E-state index contributed by atoms with van der Waals surface area (Å²) in [4.78, 5) is 20.3. The van der Waals surface area contributed by atoms with Crippen molar-refractivity contribution in [2.45, 2.75) is 31.7 Å². The van der Waals surface area contributed by atoms with E-state index in [4.69, 9.17) is 5.73 Å². The topological polar surface area (TPSA) is 125 Å². The summed E-state index contributed by atoms with van der Waals surface area (Å²) in [6.45, 7) is 1.88. The van der Waals surface area contributed by atoms with Crippen LogP contribution in [0.25, 0.3) is 11.3 Å². The summed E-state index contributed by atoms with van der Waals surface area (Å²) in [5.41, 5.74) is 7.61. The van der Waals surface area contributed by atoms with Crippen molar-refractivity contribution in [1.29, 1.82) is 0 Å². The van der Waals surface area contributed by atoms with Gasteiger partial charge in [0.15, 0.2) is 5.82 Å². The van der Waals surface area contributed by atoms with E-state index in [-0.39, 0.29) is 6.04 Å².